The van der Waals surface area contributed by atoms with E-state index in [9.17, 15) is 9.59 Å². The Hall–Kier alpha value is -1.43. The molecular formula is C16H25NO4S. The van der Waals surface area contributed by atoms with Crippen molar-refractivity contribution in [2.45, 2.75) is 57.9 Å². The maximum absolute atomic E-state index is 12.2. The van der Waals surface area contributed by atoms with E-state index in [-0.39, 0.29) is 5.78 Å². The molecule has 22 heavy (non-hydrogen) atoms. The van der Waals surface area contributed by atoms with Crippen molar-refractivity contribution in [3.63, 3.8) is 0 Å². The lowest BCUT2D eigenvalue weighted by atomic mass is 10.1. The van der Waals surface area contributed by atoms with Gasteiger partial charge in [0.2, 0.25) is 0 Å². The zero-order chi connectivity index (χ0) is 16.6. The molecule has 0 saturated heterocycles. The monoisotopic (exact) mass is 327 g/mol. The minimum absolute atomic E-state index is 0.00395. The molecule has 1 heterocycles. The number of amides is 1. The fourth-order valence-corrected chi connectivity index (χ4v) is 2.67. The van der Waals surface area contributed by atoms with E-state index < -0.39 is 17.7 Å². The van der Waals surface area contributed by atoms with Crippen LogP contribution in [0, 0.1) is 0 Å². The quantitative estimate of drug-likeness (QED) is 0.787. The molecule has 0 spiro atoms. The first-order valence-electron chi connectivity index (χ1n) is 7.44. The molecule has 0 fully saturated rings. The molecule has 0 aromatic carbocycles. The number of nitrogens with one attached hydrogen (secondary N) is 1. The molecule has 0 aliphatic carbocycles. The molecule has 0 aliphatic rings. The average molecular weight is 327 g/mol. The van der Waals surface area contributed by atoms with Crippen LogP contribution in [0.25, 0.3) is 0 Å². The van der Waals surface area contributed by atoms with E-state index in [1.807, 2.05) is 19.1 Å². The van der Waals surface area contributed by atoms with Gasteiger partial charge in [0.1, 0.15) is 11.4 Å². The van der Waals surface area contributed by atoms with Crippen molar-refractivity contribution in [2.24, 2.45) is 0 Å². The van der Waals surface area contributed by atoms with Gasteiger partial charge in [-0.15, -0.1) is 11.8 Å². The van der Waals surface area contributed by atoms with E-state index in [4.69, 9.17) is 9.15 Å². The largest absolute Gasteiger partial charge is 0.468 e. The first-order valence-corrected chi connectivity index (χ1v) is 8.59. The minimum Gasteiger partial charge on any atom is -0.468 e. The summed E-state index contributed by atoms with van der Waals surface area (Å²) in [6.07, 6.45) is 2.49. The van der Waals surface area contributed by atoms with Gasteiger partial charge < -0.3 is 14.5 Å². The molecule has 0 radical (unpaired) electrons. The van der Waals surface area contributed by atoms with Crippen LogP contribution in [0.1, 0.15) is 46.3 Å². The Bertz CT molecular complexity index is 465. The lowest BCUT2D eigenvalue weighted by Crippen LogP contribution is -2.44. The first kappa shape index (κ1) is 18.6. The van der Waals surface area contributed by atoms with Gasteiger partial charge in [-0.1, -0.05) is 13.3 Å². The van der Waals surface area contributed by atoms with Gasteiger partial charge in [-0.2, -0.15) is 0 Å². The van der Waals surface area contributed by atoms with Gasteiger partial charge in [0, 0.05) is 0 Å². The zero-order valence-corrected chi connectivity index (χ0v) is 14.5. The van der Waals surface area contributed by atoms with Crippen LogP contribution in [-0.4, -0.2) is 29.3 Å². The summed E-state index contributed by atoms with van der Waals surface area (Å²) in [6, 6.07) is 3.20. The summed E-state index contributed by atoms with van der Waals surface area (Å²) in [4.78, 5) is 24.0. The number of alkyl carbamates (subject to hydrolysis) is 1. The highest BCUT2D eigenvalue weighted by molar-refractivity contribution is 7.99. The Morgan fingerprint density at radius 1 is 1.41 bits per heavy atom. The molecule has 1 rings (SSSR count). The van der Waals surface area contributed by atoms with Crippen LogP contribution < -0.4 is 5.32 Å². The average Bonchev–Trinajstić information content (AvgIpc) is 2.89. The van der Waals surface area contributed by atoms with Crippen molar-refractivity contribution in [3.05, 3.63) is 24.2 Å². The maximum atomic E-state index is 12.2. The summed E-state index contributed by atoms with van der Waals surface area (Å²) in [7, 11) is 0. The standard InChI is InChI=1S/C16H25NO4S/c1-5-7-13(17-15(19)21-16(2,3)4)14(18)11-22-10-12-8-6-9-20-12/h6,8-9,13H,5,7,10-11H2,1-4H3,(H,17,19). The van der Waals surface area contributed by atoms with E-state index in [0.717, 1.165) is 12.2 Å². The van der Waals surface area contributed by atoms with Crippen LogP contribution in [0.3, 0.4) is 0 Å². The Morgan fingerprint density at radius 3 is 2.68 bits per heavy atom. The number of hydrogen-bond acceptors (Lipinski definition) is 5. The lowest BCUT2D eigenvalue weighted by Gasteiger charge is -2.22. The number of hydrogen-bond donors (Lipinski definition) is 1. The third kappa shape index (κ3) is 7.54. The first-order chi connectivity index (χ1) is 10.3. The van der Waals surface area contributed by atoms with Gasteiger partial charge in [0.25, 0.3) is 0 Å². The molecular weight excluding hydrogens is 302 g/mol. The predicted molar refractivity (Wildman–Crippen MR) is 87.9 cm³/mol. The third-order valence-electron chi connectivity index (χ3n) is 2.73. The number of rotatable bonds is 8. The second-order valence-corrected chi connectivity index (χ2v) is 7.01. The molecule has 124 valence electrons. The number of furan rings is 1. The second-order valence-electron chi connectivity index (χ2n) is 6.03. The van der Waals surface area contributed by atoms with Crippen LogP contribution in [0.5, 0.6) is 0 Å². The Morgan fingerprint density at radius 2 is 2.14 bits per heavy atom. The van der Waals surface area contributed by atoms with Gasteiger partial charge in [-0.25, -0.2) is 4.79 Å². The Labute approximate surface area is 136 Å². The van der Waals surface area contributed by atoms with E-state index in [0.29, 0.717) is 17.9 Å². The summed E-state index contributed by atoms with van der Waals surface area (Å²) >= 11 is 1.48. The van der Waals surface area contributed by atoms with Gasteiger partial charge >= 0.3 is 6.09 Å². The molecule has 5 nitrogen and oxygen atoms in total. The van der Waals surface area contributed by atoms with Crippen LogP contribution in [-0.2, 0) is 15.3 Å². The van der Waals surface area contributed by atoms with Crippen molar-refractivity contribution >= 4 is 23.6 Å². The fraction of sp³-hybridized carbons (Fsp3) is 0.625. The molecule has 1 N–H and O–H groups in total. The molecule has 1 aromatic rings. The molecule has 1 unspecified atom stereocenters. The third-order valence-corrected chi connectivity index (χ3v) is 3.70. The molecule has 6 heteroatoms. The normalized spacial score (nSPS) is 12.7. The number of carbonyl (C=O) groups excluding carboxylic acids is 2. The summed E-state index contributed by atoms with van der Waals surface area (Å²) in [5.41, 5.74) is -0.571. The fourth-order valence-electron chi connectivity index (χ4n) is 1.80. The van der Waals surface area contributed by atoms with Crippen LogP contribution in [0.2, 0.25) is 0 Å². The highest BCUT2D eigenvalue weighted by Gasteiger charge is 2.23. The van der Waals surface area contributed by atoms with Gasteiger partial charge in [0.05, 0.1) is 23.8 Å². The highest BCUT2D eigenvalue weighted by Crippen LogP contribution is 2.14. The van der Waals surface area contributed by atoms with Crippen LogP contribution >= 0.6 is 11.8 Å². The van der Waals surface area contributed by atoms with Gasteiger partial charge in [-0.05, 0) is 39.3 Å². The smallest absolute Gasteiger partial charge is 0.408 e. The summed E-state index contributed by atoms with van der Waals surface area (Å²) < 4.78 is 10.4. The summed E-state index contributed by atoms with van der Waals surface area (Å²) in [6.45, 7) is 7.36. The number of carbonyl (C=O) groups is 2. The topological polar surface area (TPSA) is 68.5 Å². The molecule has 0 bridgehead atoms. The van der Waals surface area contributed by atoms with Crippen molar-refractivity contribution in [1.29, 1.82) is 0 Å². The van der Waals surface area contributed by atoms with Gasteiger partial charge in [0.15, 0.2) is 5.78 Å². The van der Waals surface area contributed by atoms with E-state index in [2.05, 4.69) is 5.32 Å². The number of thioether (sulfide) groups is 1. The zero-order valence-electron chi connectivity index (χ0n) is 13.7. The maximum Gasteiger partial charge on any atom is 0.408 e. The molecule has 1 aromatic heterocycles. The minimum atomic E-state index is -0.571. The van der Waals surface area contributed by atoms with Gasteiger partial charge in [-0.3, -0.25) is 4.79 Å². The van der Waals surface area contributed by atoms with Crippen LogP contribution in [0.4, 0.5) is 4.79 Å². The van der Waals surface area contributed by atoms with Crippen molar-refractivity contribution in [2.75, 3.05) is 5.75 Å². The Kier molecular flexibility index (Phi) is 7.51. The van der Waals surface area contributed by atoms with Crippen molar-refractivity contribution < 1.29 is 18.7 Å². The number of Topliss-reactive ketones (excluding diaryl/α,β-unsaturated/α-hetero) is 1. The van der Waals surface area contributed by atoms with E-state index in [1.165, 1.54) is 11.8 Å². The molecule has 0 aliphatic heterocycles. The van der Waals surface area contributed by atoms with E-state index >= 15 is 0 Å². The summed E-state index contributed by atoms with van der Waals surface area (Å²) in [5, 5.41) is 2.67. The van der Waals surface area contributed by atoms with E-state index in [1.54, 1.807) is 27.0 Å². The highest BCUT2D eigenvalue weighted by atomic mass is 32.2. The Balaban J connectivity index is 2.43. The van der Waals surface area contributed by atoms with Crippen molar-refractivity contribution in [1.82, 2.24) is 5.32 Å². The summed E-state index contributed by atoms with van der Waals surface area (Å²) in [5.74, 6) is 1.82. The second kappa shape index (κ2) is 8.88. The SMILES string of the molecule is CCCC(NC(=O)OC(C)(C)C)C(=O)CSCc1ccco1. The lowest BCUT2D eigenvalue weighted by molar-refractivity contribution is -0.118. The molecule has 0 saturated carbocycles. The number of ketones is 1. The number of ether oxygens (including phenoxy) is 1. The van der Waals surface area contributed by atoms with Crippen molar-refractivity contribution in [3.8, 4) is 0 Å². The molecule has 1 amide bonds. The van der Waals surface area contributed by atoms with Crippen LogP contribution in [0.15, 0.2) is 22.8 Å². The molecule has 1 atom stereocenters. The predicted octanol–water partition coefficient (Wildman–Crippen LogP) is 3.78.